The van der Waals surface area contributed by atoms with Crippen molar-refractivity contribution in [2.24, 2.45) is 5.92 Å². The van der Waals surface area contributed by atoms with Gasteiger partial charge in [0.2, 0.25) is 0 Å². The molecule has 4 nitrogen and oxygen atoms in total. The van der Waals surface area contributed by atoms with Gasteiger partial charge in [-0.25, -0.2) is 0 Å². The molecule has 4 heteroatoms. The van der Waals surface area contributed by atoms with E-state index in [4.69, 9.17) is 10.00 Å². The Morgan fingerprint density at radius 1 is 1.35 bits per heavy atom. The van der Waals surface area contributed by atoms with E-state index in [1.165, 1.54) is 19.3 Å². The van der Waals surface area contributed by atoms with Crippen LogP contribution in [0.5, 0.6) is 5.75 Å². The van der Waals surface area contributed by atoms with Crippen molar-refractivity contribution in [2.75, 3.05) is 6.61 Å². The monoisotopic (exact) mass is 276 g/mol. The van der Waals surface area contributed by atoms with Crippen LogP contribution in [0.15, 0.2) is 23.1 Å². The molecule has 0 bridgehead atoms. The summed E-state index contributed by atoms with van der Waals surface area (Å²) >= 11 is 0. The first-order valence-electron chi connectivity index (χ1n) is 7.41. The number of unbranched alkanes of at least 4 members (excludes halogenated alkanes) is 4. The van der Waals surface area contributed by atoms with Crippen LogP contribution in [0.4, 0.5) is 0 Å². The number of pyridine rings is 1. The summed E-state index contributed by atoms with van der Waals surface area (Å²) in [5, 5.41) is 8.80. The van der Waals surface area contributed by atoms with E-state index in [0.29, 0.717) is 18.9 Å². The molecule has 0 fully saturated rings. The maximum Gasteiger partial charge on any atom is 0.292 e. The van der Waals surface area contributed by atoms with Crippen molar-refractivity contribution in [1.82, 2.24) is 4.57 Å². The molecule has 0 saturated heterocycles. The second-order valence-corrected chi connectivity index (χ2v) is 5.12. The Bertz CT molecular complexity index is 488. The van der Waals surface area contributed by atoms with Crippen LogP contribution in [-0.4, -0.2) is 11.2 Å². The molecule has 0 saturated carbocycles. The van der Waals surface area contributed by atoms with Crippen LogP contribution >= 0.6 is 0 Å². The summed E-state index contributed by atoms with van der Waals surface area (Å²) in [4.78, 5) is 12.1. The highest BCUT2D eigenvalue weighted by atomic mass is 16.5. The van der Waals surface area contributed by atoms with Gasteiger partial charge >= 0.3 is 0 Å². The van der Waals surface area contributed by atoms with Gasteiger partial charge in [0.15, 0.2) is 5.75 Å². The zero-order valence-electron chi connectivity index (χ0n) is 12.5. The van der Waals surface area contributed by atoms with Gasteiger partial charge in [0.05, 0.1) is 18.6 Å². The second kappa shape index (κ2) is 9.19. The minimum Gasteiger partial charge on any atom is -0.488 e. The van der Waals surface area contributed by atoms with E-state index >= 15 is 0 Å². The third-order valence-corrected chi connectivity index (χ3v) is 3.18. The zero-order chi connectivity index (χ0) is 14.8. The number of aromatic nitrogens is 1. The molecule has 1 aromatic heterocycles. The molecule has 1 atom stereocenters. The molecular weight excluding hydrogens is 252 g/mol. The molecule has 0 radical (unpaired) electrons. The van der Waals surface area contributed by atoms with Gasteiger partial charge < -0.3 is 9.30 Å². The Morgan fingerprint density at radius 2 is 2.10 bits per heavy atom. The lowest BCUT2D eigenvalue weighted by Crippen LogP contribution is -2.23. The third-order valence-electron chi connectivity index (χ3n) is 3.18. The summed E-state index contributed by atoms with van der Waals surface area (Å²) in [5.74, 6) is 0.199. The van der Waals surface area contributed by atoms with E-state index in [9.17, 15) is 4.79 Å². The van der Waals surface area contributed by atoms with Crippen LogP contribution in [0.25, 0.3) is 0 Å². The fourth-order valence-electron chi connectivity index (χ4n) is 1.99. The van der Waals surface area contributed by atoms with Gasteiger partial charge in [-0.05, 0) is 25.5 Å². The van der Waals surface area contributed by atoms with Crippen molar-refractivity contribution < 1.29 is 4.74 Å². The molecule has 0 aliphatic heterocycles. The summed E-state index contributed by atoms with van der Waals surface area (Å²) in [6.45, 7) is 4.97. The molecule has 110 valence electrons. The normalized spacial score (nSPS) is 11.8. The number of hydrogen-bond acceptors (Lipinski definition) is 3. The van der Waals surface area contributed by atoms with Gasteiger partial charge in [0, 0.05) is 12.7 Å². The smallest absolute Gasteiger partial charge is 0.292 e. The first kappa shape index (κ1) is 16.3. The lowest BCUT2D eigenvalue weighted by Gasteiger charge is -2.10. The number of nitrogens with zero attached hydrogens (tertiary/aromatic N) is 2. The van der Waals surface area contributed by atoms with Gasteiger partial charge in [-0.3, -0.25) is 4.79 Å². The molecule has 1 unspecified atom stereocenters. The van der Waals surface area contributed by atoms with Crippen molar-refractivity contribution in [3.8, 4) is 11.8 Å². The van der Waals surface area contributed by atoms with Crippen molar-refractivity contribution in [1.29, 1.82) is 5.26 Å². The highest BCUT2D eigenvalue weighted by molar-refractivity contribution is 5.17. The van der Waals surface area contributed by atoms with Gasteiger partial charge in [-0.1, -0.05) is 32.6 Å². The van der Waals surface area contributed by atoms with E-state index in [1.807, 2.05) is 0 Å². The lowest BCUT2D eigenvalue weighted by atomic mass is 10.2. The highest BCUT2D eigenvalue weighted by Gasteiger charge is 2.07. The molecular formula is C16H24N2O2. The average Bonchev–Trinajstić information content (AvgIpc) is 2.46. The van der Waals surface area contributed by atoms with Crippen LogP contribution in [0.1, 0.15) is 46.0 Å². The second-order valence-electron chi connectivity index (χ2n) is 5.12. The molecule has 1 rings (SSSR count). The molecule has 0 aliphatic rings. The molecule has 0 amide bonds. The van der Waals surface area contributed by atoms with E-state index in [-0.39, 0.29) is 11.5 Å². The van der Waals surface area contributed by atoms with E-state index in [1.54, 1.807) is 29.8 Å². The predicted molar refractivity (Wildman–Crippen MR) is 79.7 cm³/mol. The Balaban J connectivity index is 2.48. The number of nitriles is 1. The maximum absolute atomic E-state index is 12.1. The molecule has 0 aliphatic carbocycles. The first-order valence-corrected chi connectivity index (χ1v) is 7.41. The largest absolute Gasteiger partial charge is 0.488 e. The van der Waals surface area contributed by atoms with Crippen LogP contribution < -0.4 is 10.3 Å². The third kappa shape index (κ3) is 5.48. The zero-order valence-corrected chi connectivity index (χ0v) is 12.5. The lowest BCUT2D eigenvalue weighted by molar-refractivity contribution is 0.297. The summed E-state index contributed by atoms with van der Waals surface area (Å²) in [6, 6.07) is 5.62. The molecule has 0 N–H and O–H groups in total. The maximum atomic E-state index is 12.1. The minimum absolute atomic E-state index is 0.150. The quantitative estimate of drug-likeness (QED) is 0.650. The fourth-order valence-corrected chi connectivity index (χ4v) is 1.99. The van der Waals surface area contributed by atoms with Crippen LogP contribution in [0.3, 0.4) is 0 Å². The molecule has 0 spiro atoms. The molecule has 20 heavy (non-hydrogen) atoms. The van der Waals surface area contributed by atoms with Crippen molar-refractivity contribution in [3.05, 3.63) is 28.7 Å². The van der Waals surface area contributed by atoms with Crippen molar-refractivity contribution in [2.45, 2.75) is 52.5 Å². The summed E-state index contributed by atoms with van der Waals surface area (Å²) in [7, 11) is 0. The fraction of sp³-hybridized carbons (Fsp3) is 0.625. The van der Waals surface area contributed by atoms with Crippen molar-refractivity contribution >= 4 is 0 Å². The van der Waals surface area contributed by atoms with Gasteiger partial charge in [-0.2, -0.15) is 5.26 Å². The minimum atomic E-state index is -0.183. The Kier molecular flexibility index (Phi) is 7.49. The summed E-state index contributed by atoms with van der Waals surface area (Å²) in [6.07, 6.45) is 7.51. The van der Waals surface area contributed by atoms with Gasteiger partial charge in [-0.15, -0.1) is 0 Å². The number of hydrogen-bond donors (Lipinski definition) is 0. The molecule has 1 heterocycles. The SMILES string of the molecule is CCCCCCCOc1cccn(CC(C)C#N)c1=O. The van der Waals surface area contributed by atoms with Gasteiger partial charge in [0.25, 0.3) is 5.56 Å². The standard InChI is InChI=1S/C16H24N2O2/c1-3-4-5-6-7-11-20-15-9-8-10-18(16(15)19)13-14(2)12-17/h8-10,14H,3-7,11,13H2,1-2H3. The Morgan fingerprint density at radius 3 is 2.80 bits per heavy atom. The topological polar surface area (TPSA) is 55.0 Å². The number of ether oxygens (including phenoxy) is 1. The number of rotatable bonds is 9. The highest BCUT2D eigenvalue weighted by Crippen LogP contribution is 2.07. The molecule has 1 aromatic rings. The Hall–Kier alpha value is -1.76. The molecule has 0 aromatic carbocycles. The van der Waals surface area contributed by atoms with Crippen LogP contribution in [0, 0.1) is 17.2 Å². The predicted octanol–water partition coefficient (Wildman–Crippen LogP) is 3.36. The van der Waals surface area contributed by atoms with E-state index in [2.05, 4.69) is 13.0 Å². The summed E-state index contributed by atoms with van der Waals surface area (Å²) in [5.41, 5.74) is -0.150. The van der Waals surface area contributed by atoms with E-state index in [0.717, 1.165) is 12.8 Å². The van der Waals surface area contributed by atoms with E-state index < -0.39 is 0 Å². The average molecular weight is 276 g/mol. The Labute approximate surface area is 121 Å². The van der Waals surface area contributed by atoms with Crippen molar-refractivity contribution in [3.63, 3.8) is 0 Å². The van der Waals surface area contributed by atoms with Gasteiger partial charge in [0.1, 0.15) is 0 Å². The van der Waals surface area contributed by atoms with Crippen LogP contribution in [-0.2, 0) is 6.54 Å². The summed E-state index contributed by atoms with van der Waals surface area (Å²) < 4.78 is 7.10. The first-order chi connectivity index (χ1) is 9.69. The van der Waals surface area contributed by atoms with Crippen LogP contribution in [0.2, 0.25) is 0 Å².